The molecule has 1 amide bonds. The molecule has 0 aromatic heterocycles. The number of amides is 1. The quantitative estimate of drug-likeness (QED) is 0.730. The van der Waals surface area contributed by atoms with Gasteiger partial charge in [0.05, 0.1) is 6.42 Å². The summed E-state index contributed by atoms with van der Waals surface area (Å²) in [6, 6.07) is 26.1. The van der Waals surface area contributed by atoms with Crippen LogP contribution in [0.1, 0.15) is 21.5 Å². The first kappa shape index (κ1) is 16.5. The Labute approximate surface area is 146 Å². The Morgan fingerprint density at radius 3 is 1.88 bits per heavy atom. The largest absolute Gasteiger partial charge is 0.379 e. The van der Waals surface area contributed by atoms with Crippen molar-refractivity contribution >= 4 is 11.7 Å². The lowest BCUT2D eigenvalue weighted by Crippen LogP contribution is -2.32. The van der Waals surface area contributed by atoms with Gasteiger partial charge in [-0.25, -0.2) is 0 Å². The molecule has 0 atom stereocenters. The molecule has 0 aliphatic carbocycles. The lowest BCUT2D eigenvalue weighted by atomic mass is 10.0. The molecule has 0 bridgehead atoms. The highest BCUT2D eigenvalue weighted by molar-refractivity contribution is 6.08. The summed E-state index contributed by atoms with van der Waals surface area (Å²) in [6.07, 6.45) is 0.413. The van der Waals surface area contributed by atoms with Crippen LogP contribution in [0, 0.1) is 0 Å². The van der Waals surface area contributed by atoms with Crippen LogP contribution < -0.4 is 10.3 Å². The Kier molecular flexibility index (Phi) is 5.22. The van der Waals surface area contributed by atoms with Gasteiger partial charge in [-0.2, -0.15) is 5.48 Å². The van der Waals surface area contributed by atoms with Crippen LogP contribution >= 0.6 is 0 Å². The molecule has 0 fully saturated rings. The number of rotatable bonds is 2. The van der Waals surface area contributed by atoms with Crippen molar-refractivity contribution in [3.05, 3.63) is 102 Å². The van der Waals surface area contributed by atoms with Gasteiger partial charge in [0.2, 0.25) is 0 Å². The van der Waals surface area contributed by atoms with Gasteiger partial charge < -0.3 is 4.84 Å². The van der Waals surface area contributed by atoms with Gasteiger partial charge in [-0.1, -0.05) is 78.9 Å². The maximum Gasteiger partial charge on any atom is 0.257 e. The fraction of sp³-hybridized carbons (Fsp3) is 0.0476. The van der Waals surface area contributed by atoms with Crippen LogP contribution in [-0.4, -0.2) is 11.7 Å². The van der Waals surface area contributed by atoms with E-state index < -0.39 is 0 Å². The third-order valence-electron chi connectivity index (χ3n) is 3.67. The van der Waals surface area contributed by atoms with Crippen LogP contribution in [0.4, 0.5) is 0 Å². The average molecular weight is 331 g/mol. The summed E-state index contributed by atoms with van der Waals surface area (Å²) < 4.78 is 0. The number of hydroxylamine groups is 1. The number of benzene rings is 3. The van der Waals surface area contributed by atoms with E-state index in [0.29, 0.717) is 6.42 Å². The van der Waals surface area contributed by atoms with E-state index in [1.165, 1.54) is 0 Å². The highest BCUT2D eigenvalue weighted by Crippen LogP contribution is 2.20. The molecule has 3 aromatic carbocycles. The zero-order valence-corrected chi connectivity index (χ0v) is 13.5. The van der Waals surface area contributed by atoms with E-state index in [2.05, 4.69) is 5.48 Å². The molecule has 0 saturated heterocycles. The van der Waals surface area contributed by atoms with Gasteiger partial charge >= 0.3 is 0 Å². The first-order valence-electron chi connectivity index (χ1n) is 7.92. The van der Waals surface area contributed by atoms with E-state index in [4.69, 9.17) is 4.84 Å². The lowest BCUT2D eigenvalue weighted by molar-refractivity contribution is -0.128. The number of para-hydroxylation sites is 1. The standard InChI is InChI=1S/C13H10O.C8H7NO2/c14-13(11-7-3-1-4-8-11)12-9-5-2-6-10-12;10-8-5-6-3-1-2-4-7(6)11-9-8/h1-10H;1-4H,5H2,(H,9,10). The summed E-state index contributed by atoms with van der Waals surface area (Å²) >= 11 is 0. The molecule has 124 valence electrons. The molecule has 3 aromatic rings. The number of hydrogen-bond acceptors (Lipinski definition) is 3. The third kappa shape index (κ3) is 4.32. The number of hydrogen-bond donors (Lipinski definition) is 1. The molecule has 4 rings (SSSR count). The van der Waals surface area contributed by atoms with Gasteiger partial charge in [-0.15, -0.1) is 0 Å². The lowest BCUT2D eigenvalue weighted by Gasteiger charge is -2.15. The first-order chi connectivity index (χ1) is 12.2. The Balaban J connectivity index is 0.000000150. The second kappa shape index (κ2) is 7.93. The van der Waals surface area contributed by atoms with Crippen molar-refractivity contribution in [1.82, 2.24) is 5.48 Å². The van der Waals surface area contributed by atoms with Crippen LogP contribution in [0.25, 0.3) is 0 Å². The number of carbonyl (C=O) groups is 2. The highest BCUT2D eigenvalue weighted by atomic mass is 16.7. The van der Waals surface area contributed by atoms with Crippen LogP contribution in [0.15, 0.2) is 84.9 Å². The van der Waals surface area contributed by atoms with Crippen LogP contribution in [0.3, 0.4) is 0 Å². The predicted octanol–water partition coefficient (Wildman–Crippen LogP) is 3.57. The van der Waals surface area contributed by atoms with Gasteiger partial charge in [0.1, 0.15) is 0 Å². The minimum absolute atomic E-state index is 0.0752. The monoisotopic (exact) mass is 331 g/mol. The Bertz CT molecular complexity index is 819. The van der Waals surface area contributed by atoms with Gasteiger partial charge in [0.15, 0.2) is 11.5 Å². The fourth-order valence-corrected chi connectivity index (χ4v) is 2.42. The normalized spacial score (nSPS) is 11.9. The van der Waals surface area contributed by atoms with Crippen molar-refractivity contribution in [1.29, 1.82) is 0 Å². The summed E-state index contributed by atoms with van der Waals surface area (Å²) in [5.41, 5.74) is 4.71. The van der Waals surface area contributed by atoms with Crippen molar-refractivity contribution < 1.29 is 14.4 Å². The molecule has 4 nitrogen and oxygen atoms in total. The molecule has 0 saturated carbocycles. The number of carbonyl (C=O) groups excluding carboxylic acids is 2. The van der Waals surface area contributed by atoms with Crippen molar-refractivity contribution in [2.75, 3.05) is 0 Å². The SMILES string of the molecule is O=C(c1ccccc1)c1ccccc1.O=C1Cc2ccccc2ON1. The number of ketones is 1. The smallest absolute Gasteiger partial charge is 0.257 e. The van der Waals surface area contributed by atoms with Gasteiger partial charge in [0, 0.05) is 16.7 Å². The molecule has 1 N–H and O–H groups in total. The predicted molar refractivity (Wildman–Crippen MR) is 95.2 cm³/mol. The highest BCUT2D eigenvalue weighted by Gasteiger charge is 2.14. The summed E-state index contributed by atoms with van der Waals surface area (Å²) in [5, 5.41) is 0. The topological polar surface area (TPSA) is 55.4 Å². The second-order valence-electron chi connectivity index (χ2n) is 5.47. The van der Waals surface area contributed by atoms with Crippen molar-refractivity contribution in [2.24, 2.45) is 0 Å². The molecule has 1 heterocycles. The Hall–Kier alpha value is -3.40. The number of nitrogens with one attached hydrogen (secondary N) is 1. The zero-order valence-electron chi connectivity index (χ0n) is 13.5. The van der Waals surface area contributed by atoms with E-state index in [1.807, 2.05) is 84.9 Å². The molecule has 0 unspecified atom stereocenters. The van der Waals surface area contributed by atoms with Crippen LogP contribution in [0.2, 0.25) is 0 Å². The Morgan fingerprint density at radius 2 is 1.28 bits per heavy atom. The zero-order chi connectivity index (χ0) is 17.5. The molecule has 1 aliphatic rings. The summed E-state index contributed by atoms with van der Waals surface area (Å²) in [7, 11) is 0. The van der Waals surface area contributed by atoms with E-state index in [-0.39, 0.29) is 11.7 Å². The maximum atomic E-state index is 11.8. The van der Waals surface area contributed by atoms with Gasteiger partial charge in [-0.3, -0.25) is 9.59 Å². The molecule has 25 heavy (non-hydrogen) atoms. The number of fused-ring (bicyclic) bond motifs is 1. The minimum Gasteiger partial charge on any atom is -0.379 e. The summed E-state index contributed by atoms with van der Waals surface area (Å²) in [5.74, 6) is 0.724. The molecule has 0 radical (unpaired) electrons. The van der Waals surface area contributed by atoms with Gasteiger partial charge in [-0.05, 0) is 6.07 Å². The first-order valence-corrected chi connectivity index (χ1v) is 7.92. The van der Waals surface area contributed by atoms with Crippen LogP contribution in [-0.2, 0) is 11.2 Å². The molecular formula is C21H17NO3. The van der Waals surface area contributed by atoms with Crippen molar-refractivity contribution in [3.8, 4) is 5.75 Å². The van der Waals surface area contributed by atoms with E-state index in [1.54, 1.807) is 0 Å². The van der Waals surface area contributed by atoms with E-state index in [9.17, 15) is 9.59 Å². The Morgan fingerprint density at radius 1 is 0.760 bits per heavy atom. The van der Waals surface area contributed by atoms with Crippen LogP contribution in [0.5, 0.6) is 5.75 Å². The van der Waals surface area contributed by atoms with Gasteiger partial charge in [0.25, 0.3) is 5.91 Å². The van der Waals surface area contributed by atoms with E-state index >= 15 is 0 Å². The molecular weight excluding hydrogens is 314 g/mol. The maximum absolute atomic E-state index is 11.8. The van der Waals surface area contributed by atoms with E-state index in [0.717, 1.165) is 22.4 Å². The summed E-state index contributed by atoms with van der Waals surface area (Å²) in [4.78, 5) is 27.6. The third-order valence-corrected chi connectivity index (χ3v) is 3.67. The fourth-order valence-electron chi connectivity index (χ4n) is 2.42. The molecule has 1 aliphatic heterocycles. The molecule has 4 heteroatoms. The van der Waals surface area contributed by atoms with Crippen molar-refractivity contribution in [2.45, 2.75) is 6.42 Å². The second-order valence-corrected chi connectivity index (χ2v) is 5.47. The molecule has 0 spiro atoms. The summed E-state index contributed by atoms with van der Waals surface area (Å²) in [6.45, 7) is 0. The average Bonchev–Trinajstić information content (AvgIpc) is 2.69. The van der Waals surface area contributed by atoms with Crippen molar-refractivity contribution in [3.63, 3.8) is 0 Å². The minimum atomic E-state index is -0.0938.